The Bertz CT molecular complexity index is 782. The van der Waals surface area contributed by atoms with Crippen molar-refractivity contribution in [1.82, 2.24) is 20.2 Å². The third-order valence-corrected chi connectivity index (χ3v) is 3.64. The molecule has 0 bridgehead atoms. The molecule has 0 aromatic carbocycles. The van der Waals surface area contributed by atoms with Crippen molar-refractivity contribution in [2.45, 2.75) is 19.1 Å². The SMILES string of the molecule is COC(O)CCc1cc(-c2ccccn2)nnc1-c1ccccn1. The number of aryl methyl sites for hydroxylation is 1. The fraction of sp³-hybridized carbons (Fsp3) is 0.222. The number of methoxy groups -OCH3 is 1. The summed E-state index contributed by atoms with van der Waals surface area (Å²) in [5.41, 5.74) is 3.85. The summed E-state index contributed by atoms with van der Waals surface area (Å²) >= 11 is 0. The fourth-order valence-electron chi connectivity index (χ4n) is 2.38. The van der Waals surface area contributed by atoms with Crippen molar-refractivity contribution in [2.75, 3.05) is 7.11 Å². The number of aliphatic hydroxyl groups is 1. The van der Waals surface area contributed by atoms with Gasteiger partial charge in [-0.1, -0.05) is 12.1 Å². The Labute approximate surface area is 140 Å². The Kier molecular flexibility index (Phi) is 5.20. The van der Waals surface area contributed by atoms with Gasteiger partial charge in [0.25, 0.3) is 0 Å². The lowest BCUT2D eigenvalue weighted by molar-refractivity contribution is -0.0777. The number of aromatic nitrogens is 4. The van der Waals surface area contributed by atoms with E-state index in [1.165, 1.54) is 7.11 Å². The van der Waals surface area contributed by atoms with E-state index in [1.807, 2.05) is 42.5 Å². The molecular formula is C18H18N4O2. The summed E-state index contributed by atoms with van der Waals surface area (Å²) < 4.78 is 4.92. The lowest BCUT2D eigenvalue weighted by atomic mass is 10.0. The second-order valence-electron chi connectivity index (χ2n) is 5.26. The molecule has 24 heavy (non-hydrogen) atoms. The van der Waals surface area contributed by atoms with Crippen molar-refractivity contribution in [3.05, 3.63) is 60.4 Å². The van der Waals surface area contributed by atoms with Gasteiger partial charge in [0, 0.05) is 25.9 Å². The third kappa shape index (κ3) is 3.79. The molecule has 0 fully saturated rings. The first-order valence-electron chi connectivity index (χ1n) is 7.68. The number of nitrogens with zero attached hydrogens (tertiary/aromatic N) is 4. The van der Waals surface area contributed by atoms with Gasteiger partial charge in [-0.3, -0.25) is 9.97 Å². The molecule has 6 nitrogen and oxygen atoms in total. The van der Waals surface area contributed by atoms with Gasteiger partial charge in [0.15, 0.2) is 6.29 Å². The summed E-state index contributed by atoms with van der Waals surface area (Å²) in [4.78, 5) is 8.66. The Morgan fingerprint density at radius 2 is 1.67 bits per heavy atom. The van der Waals surface area contributed by atoms with Crippen LogP contribution in [0, 0.1) is 0 Å². The van der Waals surface area contributed by atoms with Gasteiger partial charge in [0.2, 0.25) is 0 Å². The smallest absolute Gasteiger partial charge is 0.154 e. The zero-order chi connectivity index (χ0) is 16.8. The minimum atomic E-state index is -0.812. The van der Waals surface area contributed by atoms with E-state index < -0.39 is 6.29 Å². The molecule has 0 aliphatic heterocycles. The zero-order valence-corrected chi connectivity index (χ0v) is 13.3. The summed E-state index contributed by atoms with van der Waals surface area (Å²) in [5.74, 6) is 0. The highest BCUT2D eigenvalue weighted by Crippen LogP contribution is 2.24. The summed E-state index contributed by atoms with van der Waals surface area (Å²) in [6.07, 6.45) is 3.68. The summed E-state index contributed by atoms with van der Waals surface area (Å²) in [6.45, 7) is 0. The first-order chi connectivity index (χ1) is 11.8. The second kappa shape index (κ2) is 7.72. The van der Waals surface area contributed by atoms with Gasteiger partial charge in [0.1, 0.15) is 11.4 Å². The molecule has 0 spiro atoms. The van der Waals surface area contributed by atoms with Crippen LogP contribution in [0.2, 0.25) is 0 Å². The number of aliphatic hydroxyl groups excluding tert-OH is 1. The normalized spacial score (nSPS) is 12.1. The lowest BCUT2D eigenvalue weighted by Crippen LogP contribution is -2.11. The summed E-state index contributed by atoms with van der Waals surface area (Å²) in [5, 5.41) is 18.3. The maximum atomic E-state index is 9.68. The molecule has 6 heteroatoms. The number of rotatable bonds is 6. The van der Waals surface area contributed by atoms with Crippen LogP contribution in [0.15, 0.2) is 54.9 Å². The first-order valence-corrected chi connectivity index (χ1v) is 7.68. The van der Waals surface area contributed by atoms with Crippen LogP contribution in [-0.4, -0.2) is 38.7 Å². The predicted octanol–water partition coefficient (Wildman–Crippen LogP) is 2.50. The molecule has 1 N–H and O–H groups in total. The fourth-order valence-corrected chi connectivity index (χ4v) is 2.38. The summed E-state index contributed by atoms with van der Waals surface area (Å²) in [7, 11) is 1.48. The van der Waals surface area contributed by atoms with Crippen LogP contribution in [0.25, 0.3) is 22.8 Å². The number of pyridine rings is 2. The molecular weight excluding hydrogens is 304 g/mol. The van der Waals surface area contributed by atoms with Crippen LogP contribution in [0.1, 0.15) is 12.0 Å². The third-order valence-electron chi connectivity index (χ3n) is 3.64. The van der Waals surface area contributed by atoms with Crippen LogP contribution in [0.3, 0.4) is 0 Å². The molecule has 1 atom stereocenters. The van der Waals surface area contributed by atoms with Crippen molar-refractivity contribution in [1.29, 1.82) is 0 Å². The molecule has 0 aliphatic rings. The van der Waals surface area contributed by atoms with Gasteiger partial charge in [0.05, 0.1) is 11.4 Å². The van der Waals surface area contributed by atoms with Gasteiger partial charge < -0.3 is 9.84 Å². The van der Waals surface area contributed by atoms with Gasteiger partial charge in [-0.25, -0.2) is 0 Å². The zero-order valence-electron chi connectivity index (χ0n) is 13.3. The van der Waals surface area contributed by atoms with E-state index in [4.69, 9.17) is 4.74 Å². The average molecular weight is 322 g/mol. The first kappa shape index (κ1) is 16.2. The van der Waals surface area contributed by atoms with E-state index in [1.54, 1.807) is 12.4 Å². The van der Waals surface area contributed by atoms with E-state index in [0.29, 0.717) is 24.2 Å². The molecule has 0 aliphatic carbocycles. The van der Waals surface area contributed by atoms with Crippen LogP contribution in [-0.2, 0) is 11.2 Å². The lowest BCUT2D eigenvalue weighted by Gasteiger charge is -2.12. The largest absolute Gasteiger partial charge is 0.368 e. The topological polar surface area (TPSA) is 81.0 Å². The van der Waals surface area contributed by atoms with Crippen LogP contribution in [0.4, 0.5) is 0 Å². The van der Waals surface area contributed by atoms with Crippen molar-refractivity contribution in [3.63, 3.8) is 0 Å². The number of hydrogen-bond donors (Lipinski definition) is 1. The van der Waals surface area contributed by atoms with Crippen molar-refractivity contribution in [3.8, 4) is 22.8 Å². The molecule has 3 heterocycles. The summed E-state index contributed by atoms with van der Waals surface area (Å²) in [6, 6.07) is 13.2. The maximum Gasteiger partial charge on any atom is 0.154 e. The van der Waals surface area contributed by atoms with Crippen LogP contribution >= 0.6 is 0 Å². The predicted molar refractivity (Wildman–Crippen MR) is 89.8 cm³/mol. The van der Waals surface area contributed by atoms with Crippen LogP contribution < -0.4 is 0 Å². The van der Waals surface area contributed by atoms with E-state index in [0.717, 1.165) is 17.0 Å². The Morgan fingerprint density at radius 3 is 2.29 bits per heavy atom. The van der Waals surface area contributed by atoms with Crippen molar-refractivity contribution < 1.29 is 9.84 Å². The number of ether oxygens (including phenoxy) is 1. The van der Waals surface area contributed by atoms with E-state index >= 15 is 0 Å². The molecule has 122 valence electrons. The van der Waals surface area contributed by atoms with E-state index in [2.05, 4.69) is 20.2 Å². The van der Waals surface area contributed by atoms with Gasteiger partial charge in [-0.15, -0.1) is 10.2 Å². The van der Waals surface area contributed by atoms with Gasteiger partial charge >= 0.3 is 0 Å². The standard InChI is InChI=1S/C18H18N4O2/c1-24-17(23)9-8-13-12-16(14-6-2-4-10-19-14)21-22-18(13)15-7-3-5-11-20-15/h2-7,10-12,17,23H,8-9H2,1H3. The van der Waals surface area contributed by atoms with E-state index in [-0.39, 0.29) is 0 Å². The van der Waals surface area contributed by atoms with Crippen LogP contribution in [0.5, 0.6) is 0 Å². The van der Waals surface area contributed by atoms with Gasteiger partial charge in [-0.2, -0.15) is 0 Å². The highest BCUT2D eigenvalue weighted by atomic mass is 16.6. The molecule has 3 rings (SSSR count). The minimum Gasteiger partial charge on any atom is -0.368 e. The highest BCUT2D eigenvalue weighted by molar-refractivity contribution is 5.63. The average Bonchev–Trinajstić information content (AvgIpc) is 2.67. The number of hydrogen-bond acceptors (Lipinski definition) is 6. The molecule has 3 aromatic heterocycles. The Morgan fingerprint density at radius 1 is 0.958 bits per heavy atom. The van der Waals surface area contributed by atoms with Crippen molar-refractivity contribution in [2.24, 2.45) is 0 Å². The van der Waals surface area contributed by atoms with Crippen molar-refractivity contribution >= 4 is 0 Å². The quantitative estimate of drug-likeness (QED) is 0.702. The molecule has 0 amide bonds. The molecule has 1 unspecified atom stereocenters. The monoisotopic (exact) mass is 322 g/mol. The molecule has 0 saturated heterocycles. The van der Waals surface area contributed by atoms with Gasteiger partial charge in [-0.05, 0) is 42.3 Å². The molecule has 3 aromatic rings. The Hall–Kier alpha value is -2.70. The highest BCUT2D eigenvalue weighted by Gasteiger charge is 2.13. The minimum absolute atomic E-state index is 0.462. The molecule has 0 saturated carbocycles. The Balaban J connectivity index is 1.99. The maximum absolute atomic E-state index is 9.68. The van der Waals surface area contributed by atoms with E-state index in [9.17, 15) is 5.11 Å². The molecule has 0 radical (unpaired) electrons. The second-order valence-corrected chi connectivity index (χ2v) is 5.26.